The van der Waals surface area contributed by atoms with Crippen molar-refractivity contribution in [2.45, 2.75) is 0 Å². The van der Waals surface area contributed by atoms with Crippen molar-refractivity contribution >= 4 is 23.4 Å². The largest absolute Gasteiger partial charge is 0.468 e. The molecule has 0 rings (SSSR count). The van der Waals surface area contributed by atoms with Crippen LogP contribution < -0.4 is 0 Å². The second-order valence-electron chi connectivity index (χ2n) is 3.19. The summed E-state index contributed by atoms with van der Waals surface area (Å²) in [6.45, 7) is -0.468. The van der Waals surface area contributed by atoms with Crippen LogP contribution >= 0.6 is 23.4 Å². The van der Waals surface area contributed by atoms with E-state index in [0.29, 0.717) is 0 Å². The van der Waals surface area contributed by atoms with E-state index in [-0.39, 0.29) is 26.3 Å². The smallest absolute Gasteiger partial charge is 0.323 e. The van der Waals surface area contributed by atoms with E-state index in [0.717, 1.165) is 7.11 Å². The van der Waals surface area contributed by atoms with Gasteiger partial charge in [-0.15, -0.1) is 0 Å². The SMILES string of the molecule is COP(=O)(O)CN(CCOP(=O)=O)CCOP(=O)=O. The van der Waals surface area contributed by atoms with E-state index in [1.54, 1.807) is 0 Å². The van der Waals surface area contributed by atoms with Gasteiger partial charge in [-0.3, -0.25) is 18.5 Å². The van der Waals surface area contributed by atoms with Gasteiger partial charge in [-0.25, -0.2) is 18.3 Å². The molecule has 13 heteroatoms. The number of rotatable bonds is 11. The van der Waals surface area contributed by atoms with Gasteiger partial charge >= 0.3 is 23.4 Å². The summed E-state index contributed by atoms with van der Waals surface area (Å²) >= 11 is 0. The summed E-state index contributed by atoms with van der Waals surface area (Å²) in [5.41, 5.74) is 0. The standard InChI is InChI=1S/C6H14NO9P3/c1-14-19(12,13)6-7(2-4-15-17(8)9)3-5-16-18(10)11/h2-6H2,1H3,(H,12,13). The summed E-state index contributed by atoms with van der Waals surface area (Å²) in [7, 11) is -8.81. The molecule has 0 saturated carbocycles. The van der Waals surface area contributed by atoms with Gasteiger partial charge in [0.25, 0.3) is 0 Å². The molecule has 1 unspecified atom stereocenters. The van der Waals surface area contributed by atoms with Gasteiger partial charge in [0.05, 0.1) is 13.2 Å². The van der Waals surface area contributed by atoms with Gasteiger partial charge in [0.1, 0.15) is 6.29 Å². The molecule has 0 aromatic heterocycles. The molecule has 0 aliphatic carbocycles. The van der Waals surface area contributed by atoms with Crippen molar-refractivity contribution in [2.24, 2.45) is 0 Å². The number of hydrogen-bond donors (Lipinski definition) is 1. The molecule has 0 amide bonds. The number of hydrogen-bond acceptors (Lipinski definition) is 9. The summed E-state index contributed by atoms with van der Waals surface area (Å²) in [4.78, 5) is 10.6. The predicted octanol–water partition coefficient (Wildman–Crippen LogP) is 1.29. The molecule has 0 aliphatic heterocycles. The van der Waals surface area contributed by atoms with E-state index < -0.39 is 29.7 Å². The summed E-state index contributed by atoms with van der Waals surface area (Å²) < 4.78 is 65.1. The lowest BCUT2D eigenvalue weighted by molar-refractivity contribution is 0.184. The minimum Gasteiger partial charge on any atom is -0.323 e. The monoisotopic (exact) mass is 337 g/mol. The molecule has 0 spiro atoms. The van der Waals surface area contributed by atoms with Crippen molar-refractivity contribution < 1.29 is 41.3 Å². The minimum atomic E-state index is -3.84. The van der Waals surface area contributed by atoms with Gasteiger partial charge < -0.3 is 9.42 Å². The molecule has 19 heavy (non-hydrogen) atoms. The summed E-state index contributed by atoms with van der Waals surface area (Å²) in [6.07, 6.45) is -0.401. The maximum atomic E-state index is 11.4. The fourth-order valence-corrected chi connectivity index (χ4v) is 2.42. The lowest BCUT2D eigenvalue weighted by Gasteiger charge is -2.22. The maximum absolute atomic E-state index is 11.4. The van der Waals surface area contributed by atoms with Crippen molar-refractivity contribution in [1.29, 1.82) is 0 Å². The molecular weight excluding hydrogens is 323 g/mol. The molecule has 0 aliphatic rings. The normalized spacial score (nSPS) is 14.3. The Morgan fingerprint density at radius 3 is 1.79 bits per heavy atom. The molecule has 1 N–H and O–H groups in total. The molecule has 0 aromatic carbocycles. The lowest BCUT2D eigenvalue weighted by Crippen LogP contribution is -2.31. The average molecular weight is 337 g/mol. The van der Waals surface area contributed by atoms with Crippen LogP contribution in [-0.2, 0) is 36.4 Å². The Labute approximate surface area is 110 Å². The topological polar surface area (TPSA) is 137 Å². The molecule has 0 fully saturated rings. The van der Waals surface area contributed by atoms with Gasteiger partial charge in [-0.2, -0.15) is 0 Å². The summed E-state index contributed by atoms with van der Waals surface area (Å²) in [6, 6.07) is 0. The van der Waals surface area contributed by atoms with Gasteiger partial charge in [-0.05, 0) is 0 Å². The first kappa shape index (κ1) is 18.8. The quantitative estimate of drug-likeness (QED) is 0.549. The molecular formula is C6H14NO9P3. The van der Waals surface area contributed by atoms with Crippen molar-refractivity contribution in [3.63, 3.8) is 0 Å². The third-order valence-electron chi connectivity index (χ3n) is 1.87. The van der Waals surface area contributed by atoms with Crippen molar-refractivity contribution in [3.8, 4) is 0 Å². The molecule has 0 radical (unpaired) electrons. The highest BCUT2D eigenvalue weighted by atomic mass is 31.2. The van der Waals surface area contributed by atoms with Gasteiger partial charge in [0.2, 0.25) is 0 Å². The van der Waals surface area contributed by atoms with Crippen LogP contribution in [0.5, 0.6) is 0 Å². The van der Waals surface area contributed by atoms with Crippen LogP contribution in [0.4, 0.5) is 0 Å². The molecule has 0 aromatic rings. The highest BCUT2D eigenvalue weighted by molar-refractivity contribution is 7.52. The Kier molecular flexibility index (Phi) is 9.60. The van der Waals surface area contributed by atoms with Crippen molar-refractivity contribution in [1.82, 2.24) is 4.90 Å². The summed E-state index contributed by atoms with van der Waals surface area (Å²) in [5.74, 6) is 0. The molecule has 0 bridgehead atoms. The van der Waals surface area contributed by atoms with Crippen LogP contribution in [0.25, 0.3) is 0 Å². The van der Waals surface area contributed by atoms with Crippen LogP contribution in [0.15, 0.2) is 0 Å². The van der Waals surface area contributed by atoms with Crippen LogP contribution in [0.1, 0.15) is 0 Å². The molecule has 0 heterocycles. The third-order valence-corrected chi connectivity index (χ3v) is 3.99. The summed E-state index contributed by atoms with van der Waals surface area (Å²) in [5, 5.41) is 0. The first-order valence-electron chi connectivity index (χ1n) is 4.91. The zero-order chi connectivity index (χ0) is 14.9. The Morgan fingerprint density at radius 1 is 1.05 bits per heavy atom. The van der Waals surface area contributed by atoms with Crippen LogP contribution in [0.3, 0.4) is 0 Å². The van der Waals surface area contributed by atoms with Crippen LogP contribution in [0.2, 0.25) is 0 Å². The van der Waals surface area contributed by atoms with Crippen molar-refractivity contribution in [3.05, 3.63) is 0 Å². The van der Waals surface area contributed by atoms with E-state index in [9.17, 15) is 27.7 Å². The van der Waals surface area contributed by atoms with E-state index in [1.807, 2.05) is 0 Å². The van der Waals surface area contributed by atoms with E-state index >= 15 is 0 Å². The fourth-order valence-electron chi connectivity index (χ4n) is 1.05. The Balaban J connectivity index is 4.32. The fraction of sp³-hybridized carbons (Fsp3) is 1.00. The Hall–Kier alpha value is -0.170. The average Bonchev–Trinajstić information content (AvgIpc) is 2.27. The molecule has 10 nitrogen and oxygen atoms in total. The Morgan fingerprint density at radius 2 is 1.47 bits per heavy atom. The number of nitrogens with zero attached hydrogens (tertiary/aromatic N) is 1. The lowest BCUT2D eigenvalue weighted by atomic mass is 10.5. The van der Waals surface area contributed by atoms with Crippen LogP contribution in [-0.4, -0.2) is 49.5 Å². The van der Waals surface area contributed by atoms with Crippen LogP contribution in [0, 0.1) is 0 Å². The van der Waals surface area contributed by atoms with E-state index in [4.69, 9.17) is 0 Å². The highest BCUT2D eigenvalue weighted by Gasteiger charge is 2.22. The third kappa shape index (κ3) is 11.4. The molecule has 1 atom stereocenters. The molecule has 112 valence electrons. The molecule has 0 saturated heterocycles. The first-order chi connectivity index (χ1) is 8.76. The first-order valence-corrected chi connectivity index (χ1v) is 8.86. The van der Waals surface area contributed by atoms with Gasteiger partial charge in [0, 0.05) is 20.2 Å². The van der Waals surface area contributed by atoms with E-state index in [1.165, 1.54) is 4.90 Å². The van der Waals surface area contributed by atoms with Gasteiger partial charge in [-0.1, -0.05) is 0 Å². The zero-order valence-electron chi connectivity index (χ0n) is 10.0. The zero-order valence-corrected chi connectivity index (χ0v) is 12.7. The highest BCUT2D eigenvalue weighted by Crippen LogP contribution is 2.41. The van der Waals surface area contributed by atoms with Gasteiger partial charge in [0.15, 0.2) is 0 Å². The van der Waals surface area contributed by atoms with E-state index in [2.05, 4.69) is 13.6 Å². The second kappa shape index (κ2) is 9.69. The predicted molar refractivity (Wildman–Crippen MR) is 61.8 cm³/mol. The van der Waals surface area contributed by atoms with Crippen molar-refractivity contribution in [2.75, 3.05) is 39.7 Å². The second-order valence-corrected chi connectivity index (χ2v) is 6.53. The minimum absolute atomic E-state index is 0.00375. The maximum Gasteiger partial charge on any atom is 0.468 e. The Bertz CT molecular complexity index is 401.